The molecule has 25 heavy (non-hydrogen) atoms. The van der Waals surface area contributed by atoms with E-state index in [1.54, 1.807) is 6.20 Å². The lowest BCUT2D eigenvalue weighted by Gasteiger charge is -2.28. The first-order valence-electron chi connectivity index (χ1n) is 7.57. The number of aromatic nitrogens is 2. The van der Waals surface area contributed by atoms with Gasteiger partial charge in [-0.1, -0.05) is 23.7 Å². The number of rotatable bonds is 4. The molecule has 0 aliphatic carbocycles. The summed E-state index contributed by atoms with van der Waals surface area (Å²) >= 11 is 9.37. The van der Waals surface area contributed by atoms with E-state index in [0.717, 1.165) is 37.6 Å². The number of carboxylic acid groups (broad SMARTS) is 1. The molecule has 2 aromatic rings. The van der Waals surface area contributed by atoms with Gasteiger partial charge in [-0.3, -0.25) is 4.79 Å². The van der Waals surface area contributed by atoms with Crippen molar-refractivity contribution in [1.29, 1.82) is 0 Å². The van der Waals surface area contributed by atoms with Gasteiger partial charge in [0.15, 0.2) is 10.4 Å². The molecule has 0 saturated carbocycles. The second kappa shape index (κ2) is 10.2. The normalized spacial score (nSPS) is 13.6. The first-order valence-corrected chi connectivity index (χ1v) is 8.74. The Morgan fingerprint density at radius 2 is 2.12 bits per heavy atom. The maximum atomic E-state index is 8.36. The summed E-state index contributed by atoms with van der Waals surface area (Å²) in [4.78, 5) is 19.4. The Morgan fingerprint density at radius 1 is 1.40 bits per heavy atom. The summed E-state index contributed by atoms with van der Waals surface area (Å²) in [6, 6.07) is 7.58. The first-order chi connectivity index (χ1) is 12.1. The fourth-order valence-electron chi connectivity index (χ4n) is 2.27. The number of carbonyl (C=O) groups is 1. The van der Waals surface area contributed by atoms with Crippen molar-refractivity contribution in [1.82, 2.24) is 15.3 Å². The third kappa shape index (κ3) is 6.15. The number of nitrogens with one attached hydrogen (secondary N) is 1. The Morgan fingerprint density at radius 3 is 2.80 bits per heavy atom. The van der Waals surface area contributed by atoms with Gasteiger partial charge in [0.05, 0.1) is 6.20 Å². The van der Waals surface area contributed by atoms with Gasteiger partial charge in [0, 0.05) is 31.2 Å². The summed E-state index contributed by atoms with van der Waals surface area (Å²) in [5, 5.41) is 10.9. The predicted molar refractivity (Wildman–Crippen MR) is 99.3 cm³/mol. The molecule has 0 spiro atoms. The highest BCUT2D eigenvalue weighted by molar-refractivity contribution is 9.10. The minimum absolute atomic E-state index is 0.250. The van der Waals surface area contributed by atoms with E-state index < -0.39 is 0 Å². The molecule has 7 nitrogen and oxygen atoms in total. The van der Waals surface area contributed by atoms with E-state index in [0.29, 0.717) is 22.1 Å². The van der Waals surface area contributed by atoms with Crippen molar-refractivity contribution in [2.24, 2.45) is 0 Å². The minimum Gasteiger partial charge on any atom is -0.483 e. The molecule has 1 aromatic carbocycles. The van der Waals surface area contributed by atoms with E-state index in [9.17, 15) is 0 Å². The van der Waals surface area contributed by atoms with Crippen LogP contribution in [-0.4, -0.2) is 47.7 Å². The Bertz CT molecular complexity index is 699. The lowest BCUT2D eigenvalue weighted by atomic mass is 10.2. The number of hydrogen-bond donors (Lipinski definition) is 2. The number of hydrogen-bond acceptors (Lipinski definition) is 6. The zero-order valence-electron chi connectivity index (χ0n) is 13.4. The van der Waals surface area contributed by atoms with E-state index in [2.05, 4.69) is 36.1 Å². The van der Waals surface area contributed by atoms with Crippen molar-refractivity contribution >= 4 is 39.8 Å². The Hall–Kier alpha value is -1.90. The second-order valence-electron chi connectivity index (χ2n) is 5.09. The SMILES string of the molecule is Clc1cccc(COc2nc(N3CCNCC3)cnc2Br)c1.O=CO. The summed E-state index contributed by atoms with van der Waals surface area (Å²) in [6.45, 7) is 3.90. The fraction of sp³-hybridized carbons (Fsp3) is 0.312. The topological polar surface area (TPSA) is 87.6 Å². The molecular weight excluding hydrogens is 412 g/mol. The molecule has 0 amide bonds. The predicted octanol–water partition coefficient (Wildman–Crippen LogP) is 2.58. The van der Waals surface area contributed by atoms with Crippen LogP contribution in [0, 0.1) is 0 Å². The van der Waals surface area contributed by atoms with Crippen molar-refractivity contribution in [3.8, 4) is 5.88 Å². The highest BCUT2D eigenvalue weighted by atomic mass is 79.9. The molecule has 0 bridgehead atoms. The van der Waals surface area contributed by atoms with E-state index in [-0.39, 0.29) is 6.47 Å². The molecule has 134 valence electrons. The largest absolute Gasteiger partial charge is 0.483 e. The molecule has 1 aliphatic rings. The van der Waals surface area contributed by atoms with Crippen LogP contribution in [-0.2, 0) is 11.4 Å². The van der Waals surface area contributed by atoms with Crippen molar-refractivity contribution in [2.75, 3.05) is 31.1 Å². The standard InChI is InChI=1S/C15H16BrClN4O.CH2O2/c16-14-15(22-10-11-2-1-3-12(17)8-11)20-13(9-19-14)21-6-4-18-5-7-21;2-1-3/h1-3,8-9,18H,4-7,10H2;1H,(H,2,3). The molecule has 2 N–H and O–H groups in total. The summed E-state index contributed by atoms with van der Waals surface area (Å²) in [5.41, 5.74) is 0.994. The molecule has 0 atom stereocenters. The van der Waals surface area contributed by atoms with Gasteiger partial charge in [0.25, 0.3) is 6.47 Å². The molecular formula is C16H18BrClN4O3. The molecule has 3 rings (SSSR count). The zero-order valence-corrected chi connectivity index (χ0v) is 15.7. The van der Waals surface area contributed by atoms with Crippen molar-refractivity contribution in [3.63, 3.8) is 0 Å². The lowest BCUT2D eigenvalue weighted by molar-refractivity contribution is -0.122. The lowest BCUT2D eigenvalue weighted by Crippen LogP contribution is -2.43. The number of anilines is 1. The van der Waals surface area contributed by atoms with Crippen LogP contribution in [0.5, 0.6) is 5.88 Å². The maximum absolute atomic E-state index is 8.36. The van der Waals surface area contributed by atoms with E-state index in [1.807, 2.05) is 24.3 Å². The molecule has 0 unspecified atom stereocenters. The Balaban J connectivity index is 0.000000701. The van der Waals surface area contributed by atoms with Gasteiger partial charge in [0.2, 0.25) is 5.88 Å². The summed E-state index contributed by atoms with van der Waals surface area (Å²) in [6.07, 6.45) is 1.77. The van der Waals surface area contributed by atoms with Crippen molar-refractivity contribution in [2.45, 2.75) is 6.61 Å². The number of piperazine rings is 1. The molecule has 0 radical (unpaired) electrons. The smallest absolute Gasteiger partial charge is 0.290 e. The van der Waals surface area contributed by atoms with Crippen LogP contribution in [0.15, 0.2) is 35.1 Å². The zero-order chi connectivity index (χ0) is 18.1. The average molecular weight is 430 g/mol. The van der Waals surface area contributed by atoms with Crippen LogP contribution in [0.2, 0.25) is 5.02 Å². The Kier molecular flexibility index (Phi) is 7.90. The van der Waals surface area contributed by atoms with Crippen LogP contribution < -0.4 is 15.0 Å². The van der Waals surface area contributed by atoms with E-state index in [1.165, 1.54) is 0 Å². The third-order valence-corrected chi connectivity index (χ3v) is 4.17. The Labute approximate surface area is 159 Å². The van der Waals surface area contributed by atoms with Crippen LogP contribution >= 0.6 is 27.5 Å². The van der Waals surface area contributed by atoms with Gasteiger partial charge in [-0.25, -0.2) is 4.98 Å². The molecule has 1 aromatic heterocycles. The highest BCUT2D eigenvalue weighted by Crippen LogP contribution is 2.24. The molecule has 1 saturated heterocycles. The summed E-state index contributed by atoms with van der Waals surface area (Å²) < 4.78 is 6.39. The third-order valence-electron chi connectivity index (χ3n) is 3.39. The molecule has 1 fully saturated rings. The number of benzene rings is 1. The van der Waals surface area contributed by atoms with Gasteiger partial charge in [-0.15, -0.1) is 0 Å². The van der Waals surface area contributed by atoms with Gasteiger partial charge >= 0.3 is 0 Å². The van der Waals surface area contributed by atoms with Crippen molar-refractivity contribution in [3.05, 3.63) is 45.7 Å². The monoisotopic (exact) mass is 428 g/mol. The van der Waals surface area contributed by atoms with Crippen LogP contribution in [0.3, 0.4) is 0 Å². The van der Waals surface area contributed by atoms with Gasteiger partial charge in [-0.2, -0.15) is 4.98 Å². The van der Waals surface area contributed by atoms with E-state index in [4.69, 9.17) is 26.2 Å². The quantitative estimate of drug-likeness (QED) is 0.722. The number of nitrogens with zero attached hydrogens (tertiary/aromatic N) is 3. The number of halogens is 2. The molecule has 1 aliphatic heterocycles. The van der Waals surface area contributed by atoms with Gasteiger partial charge in [-0.05, 0) is 33.6 Å². The summed E-state index contributed by atoms with van der Waals surface area (Å²) in [7, 11) is 0. The van der Waals surface area contributed by atoms with Gasteiger partial charge < -0.3 is 20.1 Å². The second-order valence-corrected chi connectivity index (χ2v) is 6.27. The number of ether oxygens (including phenoxy) is 1. The maximum Gasteiger partial charge on any atom is 0.290 e. The van der Waals surface area contributed by atoms with Crippen LogP contribution in [0.1, 0.15) is 5.56 Å². The average Bonchev–Trinajstić information content (AvgIpc) is 2.62. The van der Waals surface area contributed by atoms with E-state index >= 15 is 0 Å². The first kappa shape index (κ1) is 19.4. The minimum atomic E-state index is -0.250. The molecule has 2 heterocycles. The van der Waals surface area contributed by atoms with Crippen LogP contribution in [0.4, 0.5) is 5.82 Å². The van der Waals surface area contributed by atoms with Gasteiger partial charge in [0.1, 0.15) is 6.61 Å². The molecule has 9 heteroatoms. The highest BCUT2D eigenvalue weighted by Gasteiger charge is 2.15. The summed E-state index contributed by atoms with van der Waals surface area (Å²) in [5.74, 6) is 1.34. The fourth-order valence-corrected chi connectivity index (χ4v) is 2.78. The van der Waals surface area contributed by atoms with Crippen molar-refractivity contribution < 1.29 is 14.6 Å². The van der Waals surface area contributed by atoms with Crippen LogP contribution in [0.25, 0.3) is 0 Å².